The number of nitrogens with zero attached hydrogens (tertiary/aromatic N) is 1. The van der Waals surface area contributed by atoms with Crippen LogP contribution in [0.2, 0.25) is 0 Å². The summed E-state index contributed by atoms with van der Waals surface area (Å²) < 4.78 is 5.22. The Morgan fingerprint density at radius 3 is 2.67 bits per heavy atom. The maximum Gasteiger partial charge on any atom is 0.0649 e. The summed E-state index contributed by atoms with van der Waals surface area (Å²) in [7, 11) is 0. The molecule has 72 valence electrons. The second kappa shape index (κ2) is 5.91. The topological polar surface area (TPSA) is 32.7 Å². The monoisotopic (exact) mass is 237 g/mol. The lowest BCUT2D eigenvalue weighted by Crippen LogP contribution is -2.38. The average Bonchev–Trinajstić information content (AvgIpc) is 2.16. The van der Waals surface area contributed by atoms with Gasteiger partial charge in [0.1, 0.15) is 0 Å². The molecule has 0 aliphatic carbocycles. The number of alkyl halides is 1. The van der Waals surface area contributed by atoms with Crippen LogP contribution in [-0.2, 0) is 4.74 Å². The van der Waals surface area contributed by atoms with E-state index in [4.69, 9.17) is 4.74 Å². The van der Waals surface area contributed by atoms with E-state index < -0.39 is 0 Å². The maximum atomic E-state index is 9.28. The fraction of sp³-hybridized carbons (Fsp3) is 1.00. The van der Waals surface area contributed by atoms with E-state index in [1.807, 2.05) is 0 Å². The van der Waals surface area contributed by atoms with Crippen LogP contribution in [0.25, 0.3) is 0 Å². The predicted octanol–water partition coefficient (Wildman–Crippen LogP) is 0.465. The molecule has 0 spiro atoms. The van der Waals surface area contributed by atoms with Crippen molar-refractivity contribution in [3.05, 3.63) is 0 Å². The second-order valence-electron chi connectivity index (χ2n) is 3.05. The van der Waals surface area contributed by atoms with E-state index in [0.717, 1.165) is 39.3 Å². The number of rotatable bonds is 4. The first-order chi connectivity index (χ1) is 5.83. The minimum Gasteiger partial charge on any atom is -0.392 e. The first kappa shape index (κ1) is 10.4. The second-order valence-corrected chi connectivity index (χ2v) is 3.70. The van der Waals surface area contributed by atoms with Gasteiger partial charge in [0.2, 0.25) is 0 Å². The number of ether oxygens (including phenoxy) is 1. The van der Waals surface area contributed by atoms with Crippen LogP contribution in [0.5, 0.6) is 0 Å². The lowest BCUT2D eigenvalue weighted by molar-refractivity contribution is 0.0317. The van der Waals surface area contributed by atoms with Crippen LogP contribution in [0.15, 0.2) is 0 Å². The van der Waals surface area contributed by atoms with Gasteiger partial charge in [0.05, 0.1) is 19.3 Å². The van der Waals surface area contributed by atoms with E-state index in [-0.39, 0.29) is 6.10 Å². The summed E-state index contributed by atoms with van der Waals surface area (Å²) >= 11 is 3.25. The summed E-state index contributed by atoms with van der Waals surface area (Å²) in [6.45, 7) is 4.68. The van der Waals surface area contributed by atoms with Crippen molar-refractivity contribution in [2.45, 2.75) is 12.5 Å². The lowest BCUT2D eigenvalue weighted by atomic mass is 10.2. The van der Waals surface area contributed by atoms with Gasteiger partial charge in [-0.2, -0.15) is 0 Å². The van der Waals surface area contributed by atoms with Crippen LogP contribution in [-0.4, -0.2) is 54.3 Å². The molecule has 0 aromatic heterocycles. The lowest BCUT2D eigenvalue weighted by Gasteiger charge is -2.27. The Bertz CT molecular complexity index is 118. The SMILES string of the molecule is OC(CBr)CCN1CCOCC1. The van der Waals surface area contributed by atoms with Crippen molar-refractivity contribution in [1.29, 1.82) is 0 Å². The third-order valence-corrected chi connectivity index (χ3v) is 2.81. The van der Waals surface area contributed by atoms with Crippen molar-refractivity contribution in [2.75, 3.05) is 38.2 Å². The van der Waals surface area contributed by atoms with Crippen LogP contribution in [0.4, 0.5) is 0 Å². The van der Waals surface area contributed by atoms with Gasteiger partial charge in [-0.1, -0.05) is 15.9 Å². The molecule has 1 saturated heterocycles. The standard InChI is InChI=1S/C8H16BrNO2/c9-7-8(11)1-2-10-3-5-12-6-4-10/h8,11H,1-7H2. The van der Waals surface area contributed by atoms with E-state index in [1.54, 1.807) is 0 Å². The van der Waals surface area contributed by atoms with Gasteiger partial charge in [-0.3, -0.25) is 4.90 Å². The quantitative estimate of drug-likeness (QED) is 0.722. The Morgan fingerprint density at radius 2 is 2.08 bits per heavy atom. The van der Waals surface area contributed by atoms with Crippen molar-refractivity contribution in [1.82, 2.24) is 4.90 Å². The van der Waals surface area contributed by atoms with Crippen LogP contribution in [0.3, 0.4) is 0 Å². The fourth-order valence-corrected chi connectivity index (χ4v) is 1.56. The summed E-state index contributed by atoms with van der Waals surface area (Å²) in [5, 5.41) is 9.96. The van der Waals surface area contributed by atoms with Gasteiger partial charge in [0.25, 0.3) is 0 Å². The first-order valence-electron chi connectivity index (χ1n) is 4.37. The van der Waals surface area contributed by atoms with Crippen molar-refractivity contribution < 1.29 is 9.84 Å². The minimum absolute atomic E-state index is 0.201. The van der Waals surface area contributed by atoms with Crippen molar-refractivity contribution >= 4 is 15.9 Å². The molecule has 1 atom stereocenters. The highest BCUT2D eigenvalue weighted by Crippen LogP contribution is 2.02. The molecular weight excluding hydrogens is 222 g/mol. The van der Waals surface area contributed by atoms with Gasteiger partial charge in [-0.25, -0.2) is 0 Å². The maximum absolute atomic E-state index is 9.28. The van der Waals surface area contributed by atoms with Crippen molar-refractivity contribution in [3.8, 4) is 0 Å². The molecule has 0 amide bonds. The Kier molecular flexibility index (Phi) is 5.14. The zero-order valence-corrected chi connectivity index (χ0v) is 8.79. The fourth-order valence-electron chi connectivity index (χ4n) is 1.23. The van der Waals surface area contributed by atoms with Crippen molar-refractivity contribution in [2.24, 2.45) is 0 Å². The molecule has 1 aliphatic heterocycles. The van der Waals surface area contributed by atoms with Gasteiger partial charge in [0.15, 0.2) is 0 Å². The molecule has 0 saturated carbocycles. The minimum atomic E-state index is -0.201. The van der Waals surface area contributed by atoms with Crippen molar-refractivity contribution in [3.63, 3.8) is 0 Å². The number of aliphatic hydroxyl groups excluding tert-OH is 1. The highest BCUT2D eigenvalue weighted by Gasteiger charge is 2.11. The van der Waals surface area contributed by atoms with Gasteiger partial charge in [0, 0.05) is 25.0 Å². The molecule has 0 radical (unpaired) electrons. The van der Waals surface area contributed by atoms with Gasteiger partial charge >= 0.3 is 0 Å². The molecule has 1 rings (SSSR count). The third-order valence-electron chi connectivity index (χ3n) is 2.06. The summed E-state index contributed by atoms with van der Waals surface area (Å²) in [6, 6.07) is 0. The molecule has 1 fully saturated rings. The molecule has 1 aliphatic rings. The Balaban J connectivity index is 2.05. The molecule has 0 aromatic carbocycles. The van der Waals surface area contributed by atoms with Gasteiger partial charge in [-0.15, -0.1) is 0 Å². The summed E-state index contributed by atoms with van der Waals surface area (Å²) in [5.41, 5.74) is 0. The van der Waals surface area contributed by atoms with Crippen LogP contribution >= 0.6 is 15.9 Å². The zero-order valence-electron chi connectivity index (χ0n) is 7.21. The molecule has 4 heteroatoms. The van der Waals surface area contributed by atoms with Gasteiger partial charge in [-0.05, 0) is 6.42 Å². The summed E-state index contributed by atoms with van der Waals surface area (Å²) in [5.74, 6) is 0. The Morgan fingerprint density at radius 1 is 1.42 bits per heavy atom. The molecule has 1 heterocycles. The van der Waals surface area contributed by atoms with E-state index in [0.29, 0.717) is 5.33 Å². The van der Waals surface area contributed by atoms with E-state index in [1.165, 1.54) is 0 Å². The smallest absolute Gasteiger partial charge is 0.0649 e. The molecule has 1 N–H and O–H groups in total. The average molecular weight is 238 g/mol. The molecule has 0 bridgehead atoms. The Labute approximate surface area is 81.8 Å². The number of aliphatic hydroxyl groups is 1. The Hall–Kier alpha value is 0.360. The van der Waals surface area contributed by atoms with E-state index in [9.17, 15) is 5.11 Å². The predicted molar refractivity (Wildman–Crippen MR) is 51.7 cm³/mol. The molecule has 3 nitrogen and oxygen atoms in total. The largest absolute Gasteiger partial charge is 0.392 e. The number of hydrogen-bond acceptors (Lipinski definition) is 3. The highest BCUT2D eigenvalue weighted by atomic mass is 79.9. The van der Waals surface area contributed by atoms with Crippen LogP contribution in [0, 0.1) is 0 Å². The molecule has 0 aromatic rings. The normalized spacial score (nSPS) is 22.5. The number of hydrogen-bond donors (Lipinski definition) is 1. The summed E-state index contributed by atoms with van der Waals surface area (Å²) in [6.07, 6.45) is 0.651. The van der Waals surface area contributed by atoms with E-state index in [2.05, 4.69) is 20.8 Å². The molecular formula is C8H16BrNO2. The highest BCUT2D eigenvalue weighted by molar-refractivity contribution is 9.09. The molecule has 1 unspecified atom stereocenters. The van der Waals surface area contributed by atoms with Crippen LogP contribution < -0.4 is 0 Å². The first-order valence-corrected chi connectivity index (χ1v) is 5.49. The van der Waals surface area contributed by atoms with Gasteiger partial charge < -0.3 is 9.84 Å². The van der Waals surface area contributed by atoms with Crippen LogP contribution in [0.1, 0.15) is 6.42 Å². The molecule has 12 heavy (non-hydrogen) atoms. The third kappa shape index (κ3) is 3.85. The van der Waals surface area contributed by atoms with E-state index >= 15 is 0 Å². The number of halogens is 1. The number of morpholine rings is 1. The zero-order chi connectivity index (χ0) is 8.81. The summed E-state index contributed by atoms with van der Waals surface area (Å²) in [4.78, 5) is 2.33.